The Kier molecular flexibility index (Phi) is 3.85. The number of nitrogens with zero attached hydrogens (tertiary/aromatic N) is 5. The lowest BCUT2D eigenvalue weighted by molar-refractivity contribution is -0.143. The summed E-state index contributed by atoms with van der Waals surface area (Å²) in [7, 11) is 0. The van der Waals surface area contributed by atoms with Crippen molar-refractivity contribution >= 4 is 11.6 Å². The summed E-state index contributed by atoms with van der Waals surface area (Å²) in [6, 6.07) is 0. The van der Waals surface area contributed by atoms with Gasteiger partial charge in [-0.25, -0.2) is 14.2 Å². The number of aromatic nitrogens is 5. The minimum absolute atomic E-state index is 0.0619. The number of rotatable bonds is 5. The molecule has 19 heavy (non-hydrogen) atoms. The topological polar surface area (TPSA) is 117 Å². The molecule has 2 N–H and O–H groups in total. The second-order valence-corrected chi connectivity index (χ2v) is 3.74. The van der Waals surface area contributed by atoms with Gasteiger partial charge < -0.3 is 10.5 Å². The van der Waals surface area contributed by atoms with E-state index >= 15 is 0 Å². The Balaban J connectivity index is 2.23. The molecule has 2 aromatic rings. The van der Waals surface area contributed by atoms with E-state index in [1.807, 2.05) is 0 Å². The lowest BCUT2D eigenvalue weighted by Crippen LogP contribution is -2.30. The second kappa shape index (κ2) is 5.57. The highest BCUT2D eigenvalue weighted by Gasteiger charge is 2.11. The van der Waals surface area contributed by atoms with E-state index in [0.717, 1.165) is 4.68 Å². The molecule has 0 aromatic carbocycles. The first-order valence-corrected chi connectivity index (χ1v) is 5.82. The minimum atomic E-state index is -0.415. The maximum atomic E-state index is 12.0. The van der Waals surface area contributed by atoms with E-state index in [-0.39, 0.29) is 25.5 Å². The standard InChI is InChI=1S/C10H14N6O3/c1-2-19-8(17)3-4-16-10(18)15-6-12-7(5-11)9(15)13-14-16/h6H,2-5,11H2,1H3. The van der Waals surface area contributed by atoms with Crippen molar-refractivity contribution in [2.24, 2.45) is 5.73 Å². The Labute approximate surface area is 108 Å². The molecule has 0 aliphatic heterocycles. The molecule has 0 saturated heterocycles. The maximum Gasteiger partial charge on any atom is 0.352 e. The fourth-order valence-electron chi connectivity index (χ4n) is 1.60. The van der Waals surface area contributed by atoms with Crippen LogP contribution in [0.1, 0.15) is 19.0 Å². The first-order valence-electron chi connectivity index (χ1n) is 5.82. The van der Waals surface area contributed by atoms with Gasteiger partial charge in [0.1, 0.15) is 12.0 Å². The van der Waals surface area contributed by atoms with Gasteiger partial charge in [-0.05, 0) is 6.92 Å². The number of carbonyl (C=O) groups is 1. The Morgan fingerprint density at radius 1 is 1.53 bits per heavy atom. The predicted octanol–water partition coefficient (Wildman–Crippen LogP) is -1.30. The average Bonchev–Trinajstić information content (AvgIpc) is 2.82. The molecule has 0 amide bonds. The lowest BCUT2D eigenvalue weighted by atomic mass is 10.4. The van der Waals surface area contributed by atoms with Crippen molar-refractivity contribution in [2.75, 3.05) is 6.61 Å². The zero-order valence-corrected chi connectivity index (χ0v) is 10.4. The largest absolute Gasteiger partial charge is 0.466 e. The van der Waals surface area contributed by atoms with E-state index in [2.05, 4.69) is 15.3 Å². The number of nitrogens with two attached hydrogens (primary N) is 1. The molecular weight excluding hydrogens is 252 g/mol. The van der Waals surface area contributed by atoms with E-state index in [1.165, 1.54) is 10.7 Å². The molecule has 0 saturated carbocycles. The van der Waals surface area contributed by atoms with Gasteiger partial charge in [-0.2, -0.15) is 4.68 Å². The fraction of sp³-hybridized carbons (Fsp3) is 0.500. The average molecular weight is 266 g/mol. The number of hydrogen-bond acceptors (Lipinski definition) is 7. The van der Waals surface area contributed by atoms with Crippen LogP contribution in [0.25, 0.3) is 5.65 Å². The monoisotopic (exact) mass is 266 g/mol. The van der Waals surface area contributed by atoms with Gasteiger partial charge in [0, 0.05) is 6.54 Å². The molecule has 0 aliphatic carbocycles. The third kappa shape index (κ3) is 2.60. The van der Waals surface area contributed by atoms with E-state index in [0.29, 0.717) is 17.9 Å². The van der Waals surface area contributed by atoms with Crippen LogP contribution in [0.15, 0.2) is 11.1 Å². The van der Waals surface area contributed by atoms with Crippen LogP contribution in [-0.4, -0.2) is 37.0 Å². The van der Waals surface area contributed by atoms with Crippen LogP contribution in [0.2, 0.25) is 0 Å². The molecule has 0 bridgehead atoms. The number of hydrogen-bond donors (Lipinski definition) is 1. The molecule has 2 aromatic heterocycles. The van der Waals surface area contributed by atoms with Crippen LogP contribution in [0.3, 0.4) is 0 Å². The zero-order valence-electron chi connectivity index (χ0n) is 10.4. The van der Waals surface area contributed by atoms with Crippen molar-refractivity contribution in [3.8, 4) is 0 Å². The van der Waals surface area contributed by atoms with Crippen molar-refractivity contribution < 1.29 is 9.53 Å². The first kappa shape index (κ1) is 13.1. The maximum absolute atomic E-state index is 12.0. The summed E-state index contributed by atoms with van der Waals surface area (Å²) in [5.74, 6) is -0.385. The lowest BCUT2D eigenvalue weighted by Gasteiger charge is -2.03. The molecule has 9 heteroatoms. The summed E-state index contributed by atoms with van der Waals surface area (Å²) in [5, 5.41) is 7.63. The molecular formula is C10H14N6O3. The Hall–Kier alpha value is -2.29. The number of esters is 1. The molecule has 2 heterocycles. The van der Waals surface area contributed by atoms with Crippen molar-refractivity contribution in [1.82, 2.24) is 24.4 Å². The van der Waals surface area contributed by atoms with Crippen LogP contribution < -0.4 is 11.4 Å². The van der Waals surface area contributed by atoms with Gasteiger partial charge in [-0.3, -0.25) is 4.79 Å². The molecule has 0 atom stereocenters. The Bertz CT molecular complexity index is 646. The normalized spacial score (nSPS) is 10.8. The number of fused-ring (bicyclic) bond motifs is 1. The highest BCUT2D eigenvalue weighted by Crippen LogP contribution is 2.00. The van der Waals surface area contributed by atoms with Gasteiger partial charge in [0.15, 0.2) is 5.65 Å². The van der Waals surface area contributed by atoms with Crippen molar-refractivity contribution in [2.45, 2.75) is 26.4 Å². The molecule has 9 nitrogen and oxygen atoms in total. The van der Waals surface area contributed by atoms with Crippen molar-refractivity contribution in [3.63, 3.8) is 0 Å². The quantitative estimate of drug-likeness (QED) is 0.668. The van der Waals surface area contributed by atoms with Crippen molar-refractivity contribution in [1.29, 1.82) is 0 Å². The number of imidazole rings is 1. The van der Waals surface area contributed by atoms with Gasteiger partial charge in [0.2, 0.25) is 0 Å². The van der Waals surface area contributed by atoms with Crippen LogP contribution in [-0.2, 0) is 22.6 Å². The molecule has 2 rings (SSSR count). The number of carbonyl (C=O) groups excluding carboxylic acids is 1. The fourth-order valence-corrected chi connectivity index (χ4v) is 1.60. The summed E-state index contributed by atoms with van der Waals surface area (Å²) in [4.78, 5) is 27.2. The summed E-state index contributed by atoms with van der Waals surface area (Å²) < 4.78 is 7.11. The smallest absolute Gasteiger partial charge is 0.352 e. The third-order valence-corrected chi connectivity index (χ3v) is 2.52. The summed E-state index contributed by atoms with van der Waals surface area (Å²) in [6.07, 6.45) is 1.40. The van der Waals surface area contributed by atoms with Crippen molar-refractivity contribution in [3.05, 3.63) is 22.5 Å². The molecule has 0 radical (unpaired) electrons. The molecule has 0 aliphatic rings. The van der Waals surface area contributed by atoms with Crippen LogP contribution in [0.4, 0.5) is 0 Å². The van der Waals surface area contributed by atoms with Gasteiger partial charge >= 0.3 is 11.7 Å². The Morgan fingerprint density at radius 3 is 3.00 bits per heavy atom. The van der Waals surface area contributed by atoms with E-state index in [1.54, 1.807) is 6.92 Å². The first-order chi connectivity index (χ1) is 9.17. The van der Waals surface area contributed by atoms with Crippen LogP contribution in [0.5, 0.6) is 0 Å². The van der Waals surface area contributed by atoms with Gasteiger partial charge in [0.25, 0.3) is 0 Å². The number of ether oxygens (including phenoxy) is 1. The Morgan fingerprint density at radius 2 is 2.32 bits per heavy atom. The molecule has 102 valence electrons. The zero-order chi connectivity index (χ0) is 13.8. The summed E-state index contributed by atoms with van der Waals surface area (Å²) in [6.45, 7) is 2.31. The van der Waals surface area contributed by atoms with Crippen LogP contribution >= 0.6 is 0 Å². The minimum Gasteiger partial charge on any atom is -0.466 e. The predicted molar refractivity (Wildman–Crippen MR) is 64.2 cm³/mol. The van der Waals surface area contributed by atoms with Gasteiger partial charge in [0.05, 0.1) is 19.6 Å². The second-order valence-electron chi connectivity index (χ2n) is 3.74. The number of aryl methyl sites for hydroxylation is 1. The summed E-state index contributed by atoms with van der Waals surface area (Å²) >= 11 is 0. The van der Waals surface area contributed by atoms with Gasteiger partial charge in [-0.15, -0.1) is 5.10 Å². The SMILES string of the molecule is CCOC(=O)CCn1nnc2c(CN)ncn2c1=O. The van der Waals surface area contributed by atoms with E-state index in [9.17, 15) is 9.59 Å². The van der Waals surface area contributed by atoms with E-state index < -0.39 is 5.69 Å². The van der Waals surface area contributed by atoms with Crippen LogP contribution in [0, 0.1) is 0 Å². The molecule has 0 unspecified atom stereocenters. The third-order valence-electron chi connectivity index (χ3n) is 2.52. The highest BCUT2D eigenvalue weighted by atomic mass is 16.5. The molecule has 0 fully saturated rings. The summed E-state index contributed by atoms with van der Waals surface area (Å²) in [5.41, 5.74) is 5.89. The van der Waals surface area contributed by atoms with E-state index in [4.69, 9.17) is 10.5 Å². The molecule has 0 spiro atoms. The van der Waals surface area contributed by atoms with Gasteiger partial charge in [-0.1, -0.05) is 5.21 Å². The highest BCUT2D eigenvalue weighted by molar-refractivity contribution is 5.69.